The van der Waals surface area contributed by atoms with Crippen molar-refractivity contribution in [2.75, 3.05) is 0 Å². The molecule has 1 amide bonds. The standard InChI is InChI=1S/C11H11N3O3/c15-8-2-1-3-9(16)10(8)11(17)12-4-7-5-13-14-6-7/h1-3,5-6,15-16H,4H2,(H,12,17)(H,13,14). The molecule has 0 aliphatic heterocycles. The fraction of sp³-hybridized carbons (Fsp3) is 0.0909. The Balaban J connectivity index is 2.10. The predicted octanol–water partition coefficient (Wildman–Crippen LogP) is 0.751. The highest BCUT2D eigenvalue weighted by molar-refractivity contribution is 5.99. The Bertz CT molecular complexity index is 503. The van der Waals surface area contributed by atoms with E-state index in [1.807, 2.05) is 0 Å². The second kappa shape index (κ2) is 4.56. The van der Waals surface area contributed by atoms with Gasteiger partial charge in [-0.05, 0) is 12.1 Å². The average molecular weight is 233 g/mol. The molecule has 6 nitrogen and oxygen atoms in total. The zero-order valence-corrected chi connectivity index (χ0v) is 8.84. The summed E-state index contributed by atoms with van der Waals surface area (Å²) in [5.74, 6) is -1.05. The SMILES string of the molecule is O=C(NCc1cn[nH]c1)c1c(O)cccc1O. The van der Waals surface area contributed by atoms with Crippen LogP contribution >= 0.6 is 0 Å². The summed E-state index contributed by atoms with van der Waals surface area (Å²) in [6.07, 6.45) is 3.22. The molecule has 6 heteroatoms. The third-order valence-corrected chi connectivity index (χ3v) is 2.26. The van der Waals surface area contributed by atoms with Crippen molar-refractivity contribution in [3.05, 3.63) is 41.7 Å². The van der Waals surface area contributed by atoms with Crippen molar-refractivity contribution in [1.82, 2.24) is 15.5 Å². The van der Waals surface area contributed by atoms with Gasteiger partial charge in [-0.1, -0.05) is 6.07 Å². The molecule has 0 spiro atoms. The van der Waals surface area contributed by atoms with Gasteiger partial charge in [-0.25, -0.2) is 0 Å². The first-order valence-electron chi connectivity index (χ1n) is 4.95. The quantitative estimate of drug-likeness (QED) is 0.628. The number of carbonyl (C=O) groups is 1. The molecular weight excluding hydrogens is 222 g/mol. The van der Waals surface area contributed by atoms with E-state index in [9.17, 15) is 15.0 Å². The third-order valence-electron chi connectivity index (χ3n) is 2.26. The number of nitrogens with zero attached hydrogens (tertiary/aromatic N) is 1. The Morgan fingerprint density at radius 1 is 1.35 bits per heavy atom. The summed E-state index contributed by atoms with van der Waals surface area (Å²) in [5.41, 5.74) is 0.671. The predicted molar refractivity (Wildman–Crippen MR) is 59.5 cm³/mol. The van der Waals surface area contributed by atoms with E-state index in [4.69, 9.17) is 0 Å². The summed E-state index contributed by atoms with van der Waals surface area (Å²) in [7, 11) is 0. The van der Waals surface area contributed by atoms with Gasteiger partial charge in [0.05, 0.1) is 6.20 Å². The summed E-state index contributed by atoms with van der Waals surface area (Å²) in [5, 5.41) is 27.9. The van der Waals surface area contributed by atoms with Gasteiger partial charge in [0.1, 0.15) is 17.1 Å². The minimum atomic E-state index is -0.540. The molecule has 1 heterocycles. The van der Waals surface area contributed by atoms with E-state index in [2.05, 4.69) is 15.5 Å². The van der Waals surface area contributed by atoms with Crippen LogP contribution in [0.1, 0.15) is 15.9 Å². The molecule has 0 aliphatic rings. The first-order valence-corrected chi connectivity index (χ1v) is 4.95. The van der Waals surface area contributed by atoms with Crippen LogP contribution in [0, 0.1) is 0 Å². The van der Waals surface area contributed by atoms with E-state index in [0.29, 0.717) is 0 Å². The third kappa shape index (κ3) is 2.36. The van der Waals surface area contributed by atoms with E-state index in [1.54, 1.807) is 12.4 Å². The van der Waals surface area contributed by atoms with Crippen LogP contribution in [0.15, 0.2) is 30.6 Å². The van der Waals surface area contributed by atoms with Crippen LogP contribution in [0.2, 0.25) is 0 Å². The molecule has 0 aliphatic carbocycles. The smallest absolute Gasteiger partial charge is 0.259 e. The first kappa shape index (κ1) is 11.0. The van der Waals surface area contributed by atoms with Gasteiger partial charge >= 0.3 is 0 Å². The number of hydrogen-bond donors (Lipinski definition) is 4. The average Bonchev–Trinajstić information content (AvgIpc) is 2.79. The van der Waals surface area contributed by atoms with Crippen molar-refractivity contribution in [1.29, 1.82) is 0 Å². The normalized spacial score (nSPS) is 10.1. The Morgan fingerprint density at radius 3 is 2.65 bits per heavy atom. The van der Waals surface area contributed by atoms with Crippen molar-refractivity contribution in [3.63, 3.8) is 0 Å². The number of carbonyl (C=O) groups excluding carboxylic acids is 1. The van der Waals surface area contributed by atoms with Crippen molar-refractivity contribution in [3.8, 4) is 11.5 Å². The number of H-pyrrole nitrogens is 1. The van der Waals surface area contributed by atoms with Crippen LogP contribution in [0.4, 0.5) is 0 Å². The molecule has 0 saturated carbocycles. The second-order valence-corrected chi connectivity index (χ2v) is 3.46. The number of amides is 1. The van der Waals surface area contributed by atoms with Gasteiger partial charge in [0, 0.05) is 18.3 Å². The van der Waals surface area contributed by atoms with Gasteiger partial charge < -0.3 is 15.5 Å². The Hall–Kier alpha value is -2.50. The monoisotopic (exact) mass is 233 g/mol. The van der Waals surface area contributed by atoms with Gasteiger partial charge in [-0.3, -0.25) is 9.89 Å². The molecule has 2 rings (SSSR count). The minimum Gasteiger partial charge on any atom is -0.507 e. The van der Waals surface area contributed by atoms with Crippen LogP contribution in [-0.4, -0.2) is 26.3 Å². The number of nitrogens with one attached hydrogen (secondary N) is 2. The lowest BCUT2D eigenvalue weighted by molar-refractivity contribution is 0.0945. The van der Waals surface area contributed by atoms with Crippen LogP contribution in [0.3, 0.4) is 0 Å². The van der Waals surface area contributed by atoms with Gasteiger partial charge in [0.15, 0.2) is 0 Å². The van der Waals surface area contributed by atoms with E-state index < -0.39 is 5.91 Å². The zero-order valence-electron chi connectivity index (χ0n) is 8.84. The number of phenols is 2. The van der Waals surface area contributed by atoms with Crippen LogP contribution < -0.4 is 5.32 Å². The van der Waals surface area contributed by atoms with Gasteiger partial charge in [0.2, 0.25) is 0 Å². The van der Waals surface area contributed by atoms with E-state index >= 15 is 0 Å². The first-order chi connectivity index (χ1) is 8.18. The Labute approximate surface area is 96.9 Å². The summed E-state index contributed by atoms with van der Waals surface area (Å²) < 4.78 is 0. The van der Waals surface area contributed by atoms with Gasteiger partial charge in [0.25, 0.3) is 5.91 Å². The lowest BCUT2D eigenvalue weighted by Crippen LogP contribution is -2.22. The number of aromatic nitrogens is 2. The number of benzene rings is 1. The lowest BCUT2D eigenvalue weighted by atomic mass is 10.1. The summed E-state index contributed by atoms with van der Waals surface area (Å²) >= 11 is 0. The maximum atomic E-state index is 11.7. The number of hydrogen-bond acceptors (Lipinski definition) is 4. The maximum absolute atomic E-state index is 11.7. The molecule has 1 aromatic heterocycles. The number of rotatable bonds is 3. The van der Waals surface area contributed by atoms with Gasteiger partial charge in [-0.2, -0.15) is 5.10 Å². The molecule has 2 aromatic rings. The van der Waals surface area contributed by atoms with Crippen LogP contribution in [0.5, 0.6) is 11.5 Å². The minimum absolute atomic E-state index is 0.129. The molecule has 88 valence electrons. The molecule has 0 radical (unpaired) electrons. The highest BCUT2D eigenvalue weighted by Crippen LogP contribution is 2.25. The maximum Gasteiger partial charge on any atom is 0.259 e. The number of aromatic amines is 1. The summed E-state index contributed by atoms with van der Waals surface area (Å²) in [4.78, 5) is 11.7. The fourth-order valence-corrected chi connectivity index (χ4v) is 1.41. The molecule has 1 aromatic carbocycles. The van der Waals surface area contributed by atoms with Crippen molar-refractivity contribution >= 4 is 5.91 Å². The summed E-state index contributed by atoms with van der Waals surface area (Å²) in [6, 6.07) is 4.14. The Kier molecular flexibility index (Phi) is 2.95. The number of aromatic hydroxyl groups is 2. The second-order valence-electron chi connectivity index (χ2n) is 3.46. The highest BCUT2D eigenvalue weighted by Gasteiger charge is 2.15. The largest absolute Gasteiger partial charge is 0.507 e. The summed E-state index contributed by atoms with van der Waals surface area (Å²) in [6.45, 7) is 0.267. The number of phenolic OH excluding ortho intramolecular Hbond substituents is 2. The molecule has 0 fully saturated rings. The fourth-order valence-electron chi connectivity index (χ4n) is 1.41. The zero-order chi connectivity index (χ0) is 12.3. The van der Waals surface area contributed by atoms with Crippen LogP contribution in [-0.2, 0) is 6.54 Å². The van der Waals surface area contributed by atoms with Crippen molar-refractivity contribution < 1.29 is 15.0 Å². The van der Waals surface area contributed by atoms with Crippen molar-refractivity contribution in [2.45, 2.75) is 6.54 Å². The highest BCUT2D eigenvalue weighted by atomic mass is 16.3. The molecule has 0 saturated heterocycles. The lowest BCUT2D eigenvalue weighted by Gasteiger charge is -2.07. The van der Waals surface area contributed by atoms with E-state index in [0.717, 1.165) is 5.56 Å². The molecule has 0 atom stereocenters. The molecule has 0 bridgehead atoms. The van der Waals surface area contributed by atoms with E-state index in [-0.39, 0.29) is 23.6 Å². The van der Waals surface area contributed by atoms with Crippen LogP contribution in [0.25, 0.3) is 0 Å². The molecule has 17 heavy (non-hydrogen) atoms. The molecule has 4 N–H and O–H groups in total. The Morgan fingerprint density at radius 2 is 2.06 bits per heavy atom. The van der Waals surface area contributed by atoms with E-state index in [1.165, 1.54) is 18.2 Å². The topological polar surface area (TPSA) is 98.2 Å². The molecule has 0 unspecified atom stereocenters. The van der Waals surface area contributed by atoms with Gasteiger partial charge in [-0.15, -0.1) is 0 Å². The van der Waals surface area contributed by atoms with Crippen molar-refractivity contribution in [2.24, 2.45) is 0 Å². The molecular formula is C11H11N3O3.